The van der Waals surface area contributed by atoms with Gasteiger partial charge in [0.25, 0.3) is 0 Å². The van der Waals surface area contributed by atoms with Crippen LogP contribution in [-0.2, 0) is 6.18 Å². The van der Waals surface area contributed by atoms with Crippen LogP contribution in [0.4, 0.5) is 17.6 Å². The fraction of sp³-hybridized carbons (Fsp3) is 0.0667. The first-order valence-electron chi connectivity index (χ1n) is 5.90. The predicted octanol–water partition coefficient (Wildman–Crippen LogP) is 4.99. The zero-order valence-electron chi connectivity index (χ0n) is 10.1. The van der Waals surface area contributed by atoms with Crippen molar-refractivity contribution in [1.29, 1.82) is 0 Å². The highest BCUT2D eigenvalue weighted by Crippen LogP contribution is 2.33. The molecule has 1 nitrogen and oxygen atoms in total. The second-order valence-electron chi connectivity index (χ2n) is 4.44. The molecule has 0 fully saturated rings. The number of aromatic nitrogens is 1. The number of alkyl halides is 3. The fourth-order valence-electron chi connectivity index (χ4n) is 2.16. The molecule has 0 unspecified atom stereocenters. The Morgan fingerprint density at radius 1 is 0.850 bits per heavy atom. The molecule has 1 aromatic heterocycles. The normalized spacial score (nSPS) is 12.0. The van der Waals surface area contributed by atoms with Crippen molar-refractivity contribution in [3.05, 3.63) is 60.0 Å². The third kappa shape index (κ3) is 2.05. The van der Waals surface area contributed by atoms with Crippen molar-refractivity contribution >= 4 is 10.9 Å². The van der Waals surface area contributed by atoms with E-state index >= 15 is 0 Å². The minimum atomic E-state index is -4.39. The van der Waals surface area contributed by atoms with Crippen molar-refractivity contribution < 1.29 is 17.6 Å². The van der Waals surface area contributed by atoms with Crippen molar-refractivity contribution in [2.45, 2.75) is 6.18 Å². The molecule has 0 amide bonds. The molecule has 3 aromatic rings. The summed E-state index contributed by atoms with van der Waals surface area (Å²) in [5.41, 5.74) is 0.604. The van der Waals surface area contributed by atoms with E-state index in [1.807, 2.05) is 0 Å². The van der Waals surface area contributed by atoms with Gasteiger partial charge in [-0.25, -0.2) is 4.39 Å². The summed E-state index contributed by atoms with van der Waals surface area (Å²) in [6.45, 7) is 0. The standard InChI is InChI=1S/C15H9F4N/c16-14-11(5-6-13-12(14)7-8-20-13)9-1-3-10(4-2-9)15(17,18)19/h1-8,20H. The SMILES string of the molecule is Fc1c(-c2ccc(C(F)(F)F)cc2)ccc2[nH]ccc12. The van der Waals surface area contributed by atoms with Gasteiger partial charge in [0.05, 0.1) is 5.56 Å². The number of nitrogens with one attached hydrogen (secondary N) is 1. The van der Waals surface area contributed by atoms with E-state index in [-0.39, 0.29) is 5.56 Å². The molecule has 0 aliphatic carbocycles. The molecule has 0 saturated heterocycles. The molecular formula is C15H9F4N. The smallest absolute Gasteiger partial charge is 0.361 e. The number of hydrogen-bond donors (Lipinski definition) is 1. The van der Waals surface area contributed by atoms with Crippen LogP contribution in [0.15, 0.2) is 48.7 Å². The minimum absolute atomic E-state index is 0.283. The second-order valence-corrected chi connectivity index (χ2v) is 4.44. The molecule has 3 rings (SSSR count). The number of H-pyrrole nitrogens is 1. The lowest BCUT2D eigenvalue weighted by atomic mass is 10.0. The Bertz CT molecular complexity index is 754. The maximum absolute atomic E-state index is 14.3. The van der Waals surface area contributed by atoms with Crippen molar-refractivity contribution in [1.82, 2.24) is 4.98 Å². The quantitative estimate of drug-likeness (QED) is 0.604. The average molecular weight is 279 g/mol. The third-order valence-electron chi connectivity index (χ3n) is 3.19. The molecule has 0 atom stereocenters. The van der Waals surface area contributed by atoms with Crippen molar-refractivity contribution in [3.63, 3.8) is 0 Å². The summed E-state index contributed by atoms with van der Waals surface area (Å²) in [5, 5.41) is 0.419. The maximum atomic E-state index is 14.3. The summed E-state index contributed by atoms with van der Waals surface area (Å²) in [6, 6.07) is 9.31. The second kappa shape index (κ2) is 4.37. The van der Waals surface area contributed by atoms with E-state index in [1.54, 1.807) is 24.4 Å². The Labute approximate surface area is 111 Å². The number of benzene rings is 2. The summed E-state index contributed by atoms with van der Waals surface area (Å²) in [6.07, 6.45) is -2.77. The summed E-state index contributed by atoms with van der Waals surface area (Å²) < 4.78 is 51.7. The molecular weight excluding hydrogens is 270 g/mol. The van der Waals surface area contributed by atoms with Gasteiger partial charge in [0.2, 0.25) is 0 Å². The van der Waals surface area contributed by atoms with Gasteiger partial charge in [0.1, 0.15) is 5.82 Å². The molecule has 20 heavy (non-hydrogen) atoms. The van der Waals surface area contributed by atoms with Crippen LogP contribution in [0.25, 0.3) is 22.0 Å². The van der Waals surface area contributed by atoms with Gasteiger partial charge in [-0.2, -0.15) is 13.2 Å². The first-order valence-corrected chi connectivity index (χ1v) is 5.90. The molecule has 0 bridgehead atoms. The van der Waals surface area contributed by atoms with Gasteiger partial charge in [0, 0.05) is 22.7 Å². The first kappa shape index (κ1) is 12.7. The van der Waals surface area contributed by atoms with Gasteiger partial charge < -0.3 is 4.98 Å². The van der Waals surface area contributed by atoms with Crippen LogP contribution < -0.4 is 0 Å². The topological polar surface area (TPSA) is 15.8 Å². The van der Waals surface area contributed by atoms with Gasteiger partial charge in [-0.1, -0.05) is 12.1 Å². The lowest BCUT2D eigenvalue weighted by Gasteiger charge is -2.08. The van der Waals surface area contributed by atoms with Crippen molar-refractivity contribution in [3.8, 4) is 11.1 Å². The molecule has 102 valence electrons. The highest BCUT2D eigenvalue weighted by molar-refractivity contribution is 5.86. The minimum Gasteiger partial charge on any atom is -0.361 e. The lowest BCUT2D eigenvalue weighted by molar-refractivity contribution is -0.137. The third-order valence-corrected chi connectivity index (χ3v) is 3.19. The summed E-state index contributed by atoms with van der Waals surface area (Å²) in [4.78, 5) is 2.88. The Kier molecular flexibility index (Phi) is 2.78. The van der Waals surface area contributed by atoms with Crippen LogP contribution in [0.5, 0.6) is 0 Å². The highest BCUT2D eigenvalue weighted by Gasteiger charge is 2.30. The van der Waals surface area contributed by atoms with Gasteiger partial charge in [-0.15, -0.1) is 0 Å². The van der Waals surface area contributed by atoms with Crippen LogP contribution in [0.2, 0.25) is 0 Å². The van der Waals surface area contributed by atoms with Crippen molar-refractivity contribution in [2.75, 3.05) is 0 Å². The molecule has 5 heteroatoms. The monoisotopic (exact) mass is 279 g/mol. The first-order chi connectivity index (χ1) is 9.47. The number of fused-ring (bicyclic) bond motifs is 1. The van der Waals surface area contributed by atoms with Crippen LogP contribution >= 0.6 is 0 Å². The molecule has 0 spiro atoms. The molecule has 0 aliphatic heterocycles. The molecule has 0 aliphatic rings. The number of halogens is 4. The fourth-order valence-corrected chi connectivity index (χ4v) is 2.16. The van der Waals surface area contributed by atoms with E-state index in [1.165, 1.54) is 12.1 Å². The Morgan fingerprint density at radius 3 is 2.20 bits per heavy atom. The van der Waals surface area contributed by atoms with E-state index in [4.69, 9.17) is 0 Å². The molecule has 2 aromatic carbocycles. The Balaban J connectivity index is 2.09. The van der Waals surface area contributed by atoms with Gasteiger partial charge >= 0.3 is 6.18 Å². The Hall–Kier alpha value is -2.30. The largest absolute Gasteiger partial charge is 0.416 e. The number of rotatable bonds is 1. The molecule has 1 N–H and O–H groups in total. The number of hydrogen-bond acceptors (Lipinski definition) is 0. The predicted molar refractivity (Wildman–Crippen MR) is 68.7 cm³/mol. The zero-order valence-corrected chi connectivity index (χ0v) is 10.1. The van der Waals surface area contributed by atoms with Crippen LogP contribution in [-0.4, -0.2) is 4.98 Å². The van der Waals surface area contributed by atoms with Crippen LogP contribution in [0, 0.1) is 5.82 Å². The van der Waals surface area contributed by atoms with Gasteiger partial charge in [0.15, 0.2) is 0 Å². The van der Waals surface area contributed by atoms with Gasteiger partial charge in [-0.05, 0) is 35.9 Å². The summed E-state index contributed by atoms with van der Waals surface area (Å²) in [7, 11) is 0. The van der Waals surface area contributed by atoms with Crippen LogP contribution in [0.1, 0.15) is 5.56 Å². The van der Waals surface area contributed by atoms with Crippen LogP contribution in [0.3, 0.4) is 0 Å². The highest BCUT2D eigenvalue weighted by atomic mass is 19.4. The van der Waals surface area contributed by atoms with Crippen molar-refractivity contribution in [2.24, 2.45) is 0 Å². The van der Waals surface area contributed by atoms with E-state index in [0.29, 0.717) is 16.5 Å². The average Bonchev–Trinajstić information content (AvgIpc) is 2.88. The van der Waals surface area contributed by atoms with E-state index in [9.17, 15) is 17.6 Å². The summed E-state index contributed by atoms with van der Waals surface area (Å²) >= 11 is 0. The van der Waals surface area contributed by atoms with E-state index in [0.717, 1.165) is 12.1 Å². The molecule has 0 saturated carbocycles. The summed E-state index contributed by atoms with van der Waals surface area (Å²) in [5.74, 6) is -0.441. The molecule has 1 heterocycles. The van der Waals surface area contributed by atoms with Gasteiger partial charge in [-0.3, -0.25) is 0 Å². The molecule has 0 radical (unpaired) electrons. The number of aromatic amines is 1. The Morgan fingerprint density at radius 2 is 1.55 bits per heavy atom. The zero-order chi connectivity index (χ0) is 14.3. The maximum Gasteiger partial charge on any atom is 0.416 e. The van der Waals surface area contributed by atoms with E-state index in [2.05, 4.69) is 4.98 Å². The lowest BCUT2D eigenvalue weighted by Crippen LogP contribution is -2.04. The van der Waals surface area contributed by atoms with E-state index < -0.39 is 17.6 Å².